The van der Waals surface area contributed by atoms with Gasteiger partial charge in [0.1, 0.15) is 0 Å². The van der Waals surface area contributed by atoms with Crippen LogP contribution in [0.4, 0.5) is 0 Å². The first-order valence-corrected chi connectivity index (χ1v) is 5.74. The summed E-state index contributed by atoms with van der Waals surface area (Å²) in [5.74, 6) is 0. The molecule has 84 valence electrons. The molecule has 0 radical (unpaired) electrons. The summed E-state index contributed by atoms with van der Waals surface area (Å²) >= 11 is 0. The van der Waals surface area contributed by atoms with E-state index in [4.69, 9.17) is 9.84 Å². The Morgan fingerprint density at radius 2 is 2.07 bits per heavy atom. The van der Waals surface area contributed by atoms with Gasteiger partial charge >= 0.3 is 0 Å². The van der Waals surface area contributed by atoms with Gasteiger partial charge in [-0.2, -0.15) is 0 Å². The number of ether oxygens (including phenoxy) is 1. The molecular weight excluding hydrogens is 178 g/mol. The zero-order valence-electron chi connectivity index (χ0n) is 9.41. The molecule has 0 amide bonds. The van der Waals surface area contributed by atoms with Gasteiger partial charge in [-0.1, -0.05) is 0 Å². The second-order valence-corrected chi connectivity index (χ2v) is 4.13. The summed E-state index contributed by atoms with van der Waals surface area (Å²) in [5.41, 5.74) is 0. The highest BCUT2D eigenvalue weighted by molar-refractivity contribution is 4.72. The van der Waals surface area contributed by atoms with Crippen LogP contribution in [0.15, 0.2) is 0 Å². The van der Waals surface area contributed by atoms with Crippen molar-refractivity contribution in [3.63, 3.8) is 0 Å². The molecule has 1 rings (SSSR count). The third-order valence-electron chi connectivity index (χ3n) is 2.80. The van der Waals surface area contributed by atoms with Gasteiger partial charge in [-0.15, -0.1) is 0 Å². The van der Waals surface area contributed by atoms with Crippen molar-refractivity contribution in [2.75, 3.05) is 26.2 Å². The van der Waals surface area contributed by atoms with Crippen LogP contribution < -0.4 is 0 Å². The minimum atomic E-state index is -0.167. The largest absolute Gasteiger partial charge is 0.393 e. The molecule has 0 aromatic heterocycles. The van der Waals surface area contributed by atoms with Crippen molar-refractivity contribution in [2.45, 2.75) is 45.3 Å². The predicted molar refractivity (Wildman–Crippen MR) is 57.4 cm³/mol. The zero-order valence-corrected chi connectivity index (χ0v) is 9.41. The number of aliphatic hydroxyl groups excluding tert-OH is 1. The van der Waals surface area contributed by atoms with Crippen LogP contribution in [-0.4, -0.2) is 48.5 Å². The van der Waals surface area contributed by atoms with E-state index in [9.17, 15) is 0 Å². The molecule has 1 aliphatic rings. The van der Waals surface area contributed by atoms with Gasteiger partial charge in [-0.3, -0.25) is 0 Å². The molecule has 1 atom stereocenters. The van der Waals surface area contributed by atoms with Crippen molar-refractivity contribution in [3.8, 4) is 0 Å². The van der Waals surface area contributed by atoms with Crippen molar-refractivity contribution in [1.29, 1.82) is 0 Å². The Labute approximate surface area is 87.1 Å². The summed E-state index contributed by atoms with van der Waals surface area (Å²) in [5, 5.41) is 9.17. The summed E-state index contributed by atoms with van der Waals surface area (Å²) in [7, 11) is 0. The van der Waals surface area contributed by atoms with Crippen molar-refractivity contribution in [2.24, 2.45) is 0 Å². The average Bonchev–Trinajstić information content (AvgIpc) is 2.17. The molecule has 1 aliphatic heterocycles. The van der Waals surface area contributed by atoms with Crippen molar-refractivity contribution < 1.29 is 9.84 Å². The van der Waals surface area contributed by atoms with Gasteiger partial charge in [0, 0.05) is 26.2 Å². The lowest BCUT2D eigenvalue weighted by molar-refractivity contribution is 0.0118. The van der Waals surface area contributed by atoms with E-state index in [1.165, 1.54) is 0 Å². The summed E-state index contributed by atoms with van der Waals surface area (Å²) in [6.07, 6.45) is 3.49. The Bertz CT molecular complexity index is 142. The first-order chi connectivity index (χ1) is 6.72. The van der Waals surface area contributed by atoms with Crippen LogP contribution >= 0.6 is 0 Å². The van der Waals surface area contributed by atoms with E-state index in [2.05, 4.69) is 11.8 Å². The predicted octanol–water partition coefficient (Wildman–Crippen LogP) is 1.26. The van der Waals surface area contributed by atoms with Gasteiger partial charge in [0.05, 0.1) is 12.2 Å². The van der Waals surface area contributed by atoms with Gasteiger partial charge in [0.2, 0.25) is 0 Å². The number of piperidine rings is 1. The molecule has 14 heavy (non-hydrogen) atoms. The van der Waals surface area contributed by atoms with Crippen LogP contribution in [0.3, 0.4) is 0 Å². The number of likely N-dealkylation sites (tertiary alicyclic amines) is 1. The van der Waals surface area contributed by atoms with E-state index < -0.39 is 0 Å². The van der Waals surface area contributed by atoms with Gasteiger partial charge in [0.15, 0.2) is 0 Å². The summed E-state index contributed by atoms with van der Waals surface area (Å²) < 4.78 is 5.58. The molecule has 0 aromatic rings. The minimum absolute atomic E-state index is 0.167. The van der Waals surface area contributed by atoms with Crippen LogP contribution in [-0.2, 0) is 4.74 Å². The third kappa shape index (κ3) is 4.40. The second-order valence-electron chi connectivity index (χ2n) is 4.13. The van der Waals surface area contributed by atoms with Crippen LogP contribution in [0.25, 0.3) is 0 Å². The molecule has 1 saturated heterocycles. The van der Waals surface area contributed by atoms with Crippen LogP contribution in [0, 0.1) is 0 Å². The molecule has 1 fully saturated rings. The topological polar surface area (TPSA) is 32.7 Å². The van der Waals surface area contributed by atoms with E-state index in [1.54, 1.807) is 0 Å². The van der Waals surface area contributed by atoms with E-state index in [-0.39, 0.29) is 6.10 Å². The van der Waals surface area contributed by atoms with E-state index in [0.717, 1.165) is 45.5 Å². The number of hydrogen-bond donors (Lipinski definition) is 1. The van der Waals surface area contributed by atoms with Gasteiger partial charge in [0.25, 0.3) is 0 Å². The number of aliphatic hydroxyl groups is 1. The lowest BCUT2D eigenvalue weighted by Gasteiger charge is -2.31. The van der Waals surface area contributed by atoms with Crippen LogP contribution in [0.2, 0.25) is 0 Å². The maximum Gasteiger partial charge on any atom is 0.0599 e. The minimum Gasteiger partial charge on any atom is -0.393 e. The fourth-order valence-electron chi connectivity index (χ4n) is 1.90. The molecular formula is C11H23NO2. The molecule has 1 heterocycles. The fraction of sp³-hybridized carbons (Fsp3) is 1.00. The van der Waals surface area contributed by atoms with Crippen LogP contribution in [0.1, 0.15) is 33.1 Å². The van der Waals surface area contributed by atoms with Gasteiger partial charge in [-0.25, -0.2) is 0 Å². The Hall–Kier alpha value is -0.120. The SMILES string of the molecule is CCOC1CCN(CCC(C)O)CC1. The van der Waals surface area contributed by atoms with E-state index in [0.29, 0.717) is 6.10 Å². The smallest absolute Gasteiger partial charge is 0.0599 e. The standard InChI is InChI=1S/C11H23NO2/c1-3-14-11-5-8-12(9-6-11)7-4-10(2)13/h10-11,13H,3-9H2,1-2H3. The second kappa shape index (κ2) is 6.38. The Morgan fingerprint density at radius 1 is 1.43 bits per heavy atom. The number of nitrogens with zero attached hydrogens (tertiary/aromatic N) is 1. The normalized spacial score (nSPS) is 22.5. The fourth-order valence-corrected chi connectivity index (χ4v) is 1.90. The molecule has 0 bridgehead atoms. The Balaban J connectivity index is 2.09. The Morgan fingerprint density at radius 3 is 2.57 bits per heavy atom. The highest BCUT2D eigenvalue weighted by atomic mass is 16.5. The van der Waals surface area contributed by atoms with Crippen molar-refractivity contribution >= 4 is 0 Å². The first kappa shape index (κ1) is 12.0. The van der Waals surface area contributed by atoms with Crippen molar-refractivity contribution in [1.82, 2.24) is 4.90 Å². The summed E-state index contributed by atoms with van der Waals surface area (Å²) in [4.78, 5) is 2.42. The lowest BCUT2D eigenvalue weighted by atomic mass is 10.1. The van der Waals surface area contributed by atoms with E-state index >= 15 is 0 Å². The Kier molecular flexibility index (Phi) is 5.45. The van der Waals surface area contributed by atoms with Crippen molar-refractivity contribution in [3.05, 3.63) is 0 Å². The molecule has 3 heteroatoms. The number of hydrogen-bond acceptors (Lipinski definition) is 3. The molecule has 3 nitrogen and oxygen atoms in total. The maximum absolute atomic E-state index is 9.17. The molecule has 1 N–H and O–H groups in total. The average molecular weight is 201 g/mol. The highest BCUT2D eigenvalue weighted by Gasteiger charge is 2.18. The molecule has 1 unspecified atom stereocenters. The summed E-state index contributed by atoms with van der Waals surface area (Å²) in [6.45, 7) is 8.01. The lowest BCUT2D eigenvalue weighted by Crippen LogP contribution is -2.38. The van der Waals surface area contributed by atoms with Crippen LogP contribution in [0.5, 0.6) is 0 Å². The highest BCUT2D eigenvalue weighted by Crippen LogP contribution is 2.13. The zero-order chi connectivity index (χ0) is 10.4. The molecule has 0 aromatic carbocycles. The number of rotatable bonds is 5. The monoisotopic (exact) mass is 201 g/mol. The molecule has 0 spiro atoms. The quantitative estimate of drug-likeness (QED) is 0.727. The van der Waals surface area contributed by atoms with E-state index in [1.807, 2.05) is 6.92 Å². The molecule has 0 aliphatic carbocycles. The first-order valence-electron chi connectivity index (χ1n) is 5.74. The maximum atomic E-state index is 9.17. The third-order valence-corrected chi connectivity index (χ3v) is 2.80. The van der Waals surface area contributed by atoms with Gasteiger partial charge in [-0.05, 0) is 33.1 Å². The van der Waals surface area contributed by atoms with Gasteiger partial charge < -0.3 is 14.7 Å². The summed E-state index contributed by atoms with van der Waals surface area (Å²) in [6, 6.07) is 0. The molecule has 0 saturated carbocycles.